The SMILES string of the molecule is Cc1cc(C)cc(NC(=O)c2cc3cccc(Cl)c3[nH]2)c1. The van der Waals surface area contributed by atoms with E-state index in [2.05, 4.69) is 16.4 Å². The number of carbonyl (C=O) groups excluding carboxylic acids is 1. The van der Waals surface area contributed by atoms with Crippen molar-refractivity contribution in [3.8, 4) is 0 Å². The molecule has 0 saturated carbocycles. The summed E-state index contributed by atoms with van der Waals surface area (Å²) in [6, 6.07) is 13.3. The van der Waals surface area contributed by atoms with Crippen LogP contribution in [0.15, 0.2) is 42.5 Å². The van der Waals surface area contributed by atoms with Crippen molar-refractivity contribution in [1.82, 2.24) is 4.98 Å². The minimum atomic E-state index is -0.174. The van der Waals surface area contributed by atoms with E-state index in [9.17, 15) is 4.79 Å². The quantitative estimate of drug-likeness (QED) is 0.708. The molecule has 0 fully saturated rings. The minimum Gasteiger partial charge on any atom is -0.349 e. The van der Waals surface area contributed by atoms with Gasteiger partial charge in [-0.2, -0.15) is 0 Å². The van der Waals surface area contributed by atoms with Crippen molar-refractivity contribution in [2.45, 2.75) is 13.8 Å². The fourth-order valence-electron chi connectivity index (χ4n) is 2.49. The Balaban J connectivity index is 1.91. The summed E-state index contributed by atoms with van der Waals surface area (Å²) < 4.78 is 0. The van der Waals surface area contributed by atoms with Crippen molar-refractivity contribution in [1.29, 1.82) is 0 Å². The number of H-pyrrole nitrogens is 1. The lowest BCUT2D eigenvalue weighted by molar-refractivity contribution is 0.102. The molecule has 0 aliphatic rings. The molecule has 0 spiro atoms. The van der Waals surface area contributed by atoms with E-state index >= 15 is 0 Å². The second-order valence-electron chi connectivity index (χ2n) is 5.22. The van der Waals surface area contributed by atoms with E-state index in [1.165, 1.54) is 0 Å². The van der Waals surface area contributed by atoms with Gasteiger partial charge < -0.3 is 10.3 Å². The Hall–Kier alpha value is -2.26. The van der Waals surface area contributed by atoms with E-state index in [1.807, 2.05) is 38.1 Å². The molecule has 2 N–H and O–H groups in total. The first-order chi connectivity index (χ1) is 10.0. The number of rotatable bonds is 2. The van der Waals surface area contributed by atoms with Gasteiger partial charge in [0.1, 0.15) is 5.69 Å². The highest BCUT2D eigenvalue weighted by Gasteiger charge is 2.11. The average Bonchev–Trinajstić information content (AvgIpc) is 2.83. The number of amides is 1. The van der Waals surface area contributed by atoms with Gasteiger partial charge in [-0.3, -0.25) is 4.79 Å². The van der Waals surface area contributed by atoms with Gasteiger partial charge in [0, 0.05) is 11.1 Å². The largest absolute Gasteiger partial charge is 0.349 e. The van der Waals surface area contributed by atoms with E-state index < -0.39 is 0 Å². The number of para-hydroxylation sites is 1. The number of aromatic amines is 1. The second-order valence-corrected chi connectivity index (χ2v) is 5.62. The number of carbonyl (C=O) groups is 1. The first kappa shape index (κ1) is 13.7. The van der Waals surface area contributed by atoms with Crippen molar-refractivity contribution in [3.63, 3.8) is 0 Å². The molecule has 0 bridgehead atoms. The van der Waals surface area contributed by atoms with Gasteiger partial charge in [0.15, 0.2) is 0 Å². The molecule has 1 amide bonds. The molecule has 106 valence electrons. The molecule has 0 unspecified atom stereocenters. The number of halogens is 1. The molecular weight excluding hydrogens is 284 g/mol. The number of aryl methyl sites for hydroxylation is 2. The van der Waals surface area contributed by atoms with E-state index in [1.54, 1.807) is 12.1 Å². The van der Waals surface area contributed by atoms with Crippen LogP contribution in [0.2, 0.25) is 5.02 Å². The molecule has 1 aromatic heterocycles. The van der Waals surface area contributed by atoms with Gasteiger partial charge >= 0.3 is 0 Å². The number of fused-ring (bicyclic) bond motifs is 1. The maximum Gasteiger partial charge on any atom is 0.272 e. The summed E-state index contributed by atoms with van der Waals surface area (Å²) in [5.41, 5.74) is 4.30. The lowest BCUT2D eigenvalue weighted by Crippen LogP contribution is -2.12. The lowest BCUT2D eigenvalue weighted by atomic mass is 10.1. The maximum atomic E-state index is 12.3. The summed E-state index contributed by atoms with van der Waals surface area (Å²) in [6.07, 6.45) is 0. The zero-order valence-electron chi connectivity index (χ0n) is 11.8. The molecule has 0 aliphatic heterocycles. The van der Waals surface area contributed by atoms with Crippen molar-refractivity contribution >= 4 is 34.1 Å². The van der Waals surface area contributed by atoms with Crippen molar-refractivity contribution < 1.29 is 4.79 Å². The van der Waals surface area contributed by atoms with Crippen molar-refractivity contribution in [2.75, 3.05) is 5.32 Å². The Morgan fingerprint density at radius 2 is 1.81 bits per heavy atom. The molecular formula is C17H15ClN2O. The molecule has 0 radical (unpaired) electrons. The van der Waals surface area contributed by atoms with Gasteiger partial charge in [-0.1, -0.05) is 29.8 Å². The maximum absolute atomic E-state index is 12.3. The van der Waals surface area contributed by atoms with Crippen LogP contribution in [0, 0.1) is 13.8 Å². The van der Waals surface area contributed by atoms with Crippen LogP contribution in [0.4, 0.5) is 5.69 Å². The molecule has 0 saturated heterocycles. The van der Waals surface area contributed by atoms with E-state index in [0.717, 1.165) is 27.7 Å². The minimum absolute atomic E-state index is 0.174. The molecule has 1 heterocycles. The van der Waals surface area contributed by atoms with Crippen LogP contribution in [0.25, 0.3) is 10.9 Å². The third kappa shape index (κ3) is 2.78. The summed E-state index contributed by atoms with van der Waals surface area (Å²) in [7, 11) is 0. The van der Waals surface area contributed by atoms with Crippen LogP contribution in [-0.2, 0) is 0 Å². The zero-order chi connectivity index (χ0) is 15.0. The van der Waals surface area contributed by atoms with Crippen LogP contribution < -0.4 is 5.32 Å². The summed E-state index contributed by atoms with van der Waals surface area (Å²) >= 11 is 6.11. The van der Waals surface area contributed by atoms with Crippen LogP contribution in [-0.4, -0.2) is 10.9 Å². The van der Waals surface area contributed by atoms with Gasteiger partial charge in [0.25, 0.3) is 5.91 Å². The Morgan fingerprint density at radius 3 is 2.48 bits per heavy atom. The zero-order valence-corrected chi connectivity index (χ0v) is 12.6. The van der Waals surface area contributed by atoms with Gasteiger partial charge in [0.05, 0.1) is 10.5 Å². The van der Waals surface area contributed by atoms with Gasteiger partial charge in [-0.25, -0.2) is 0 Å². The molecule has 21 heavy (non-hydrogen) atoms. The highest BCUT2D eigenvalue weighted by atomic mass is 35.5. The van der Waals surface area contributed by atoms with E-state index in [0.29, 0.717) is 10.7 Å². The van der Waals surface area contributed by atoms with Crippen molar-refractivity contribution in [2.24, 2.45) is 0 Å². The Morgan fingerprint density at radius 1 is 1.10 bits per heavy atom. The molecule has 0 atom stereocenters. The smallest absolute Gasteiger partial charge is 0.272 e. The number of aromatic nitrogens is 1. The van der Waals surface area contributed by atoms with E-state index in [-0.39, 0.29) is 5.91 Å². The van der Waals surface area contributed by atoms with Crippen LogP contribution in [0.3, 0.4) is 0 Å². The molecule has 3 aromatic rings. The molecule has 2 aromatic carbocycles. The average molecular weight is 299 g/mol. The number of hydrogen-bond donors (Lipinski definition) is 2. The predicted octanol–water partition coefficient (Wildman–Crippen LogP) is 4.69. The Labute approximate surface area is 127 Å². The summed E-state index contributed by atoms with van der Waals surface area (Å²) in [5, 5.41) is 4.44. The number of nitrogens with one attached hydrogen (secondary N) is 2. The number of anilines is 1. The highest BCUT2D eigenvalue weighted by Crippen LogP contribution is 2.24. The highest BCUT2D eigenvalue weighted by molar-refractivity contribution is 6.35. The molecule has 3 nitrogen and oxygen atoms in total. The molecule has 4 heteroatoms. The number of hydrogen-bond acceptors (Lipinski definition) is 1. The fourth-order valence-corrected chi connectivity index (χ4v) is 2.72. The normalized spacial score (nSPS) is 10.8. The third-order valence-corrected chi connectivity index (χ3v) is 3.64. The molecule has 0 aliphatic carbocycles. The first-order valence-electron chi connectivity index (χ1n) is 6.70. The monoisotopic (exact) mass is 298 g/mol. The number of benzene rings is 2. The van der Waals surface area contributed by atoms with Crippen molar-refractivity contribution in [3.05, 3.63) is 64.3 Å². The van der Waals surface area contributed by atoms with Crippen LogP contribution >= 0.6 is 11.6 Å². The van der Waals surface area contributed by atoms with Crippen LogP contribution in [0.1, 0.15) is 21.6 Å². The summed E-state index contributed by atoms with van der Waals surface area (Å²) in [4.78, 5) is 15.4. The van der Waals surface area contributed by atoms with Gasteiger partial charge in [-0.15, -0.1) is 0 Å². The van der Waals surface area contributed by atoms with Gasteiger partial charge in [0.2, 0.25) is 0 Å². The van der Waals surface area contributed by atoms with E-state index in [4.69, 9.17) is 11.6 Å². The predicted molar refractivity (Wildman–Crippen MR) is 87.2 cm³/mol. The Kier molecular flexibility index (Phi) is 3.43. The lowest BCUT2D eigenvalue weighted by Gasteiger charge is -2.06. The first-order valence-corrected chi connectivity index (χ1v) is 7.07. The van der Waals surface area contributed by atoms with Gasteiger partial charge in [-0.05, 0) is 49.2 Å². The molecule has 3 rings (SSSR count). The summed E-state index contributed by atoms with van der Waals surface area (Å²) in [5.74, 6) is -0.174. The Bertz CT molecular complexity index is 816. The third-order valence-electron chi connectivity index (χ3n) is 3.33. The second kappa shape index (κ2) is 5.26. The standard InChI is InChI=1S/C17H15ClN2O/c1-10-6-11(2)8-13(7-10)19-17(21)15-9-12-4-3-5-14(18)16(12)20-15/h3-9,20H,1-2H3,(H,19,21). The topological polar surface area (TPSA) is 44.9 Å². The van der Waals surface area contributed by atoms with Crippen LogP contribution in [0.5, 0.6) is 0 Å². The summed E-state index contributed by atoms with van der Waals surface area (Å²) in [6.45, 7) is 4.01. The fraction of sp³-hybridized carbons (Fsp3) is 0.118.